The van der Waals surface area contributed by atoms with Crippen LogP contribution in [-0.4, -0.2) is 19.1 Å². The Kier molecular flexibility index (Phi) is 3.44. The molecule has 17 heavy (non-hydrogen) atoms. The first-order valence-corrected chi connectivity index (χ1v) is 6.98. The number of nitrogens with one attached hydrogen (secondary N) is 2. The molecular weight excluding hydrogens is 208 g/mol. The molecule has 1 fully saturated rings. The van der Waals surface area contributed by atoms with Crippen molar-refractivity contribution in [1.29, 1.82) is 0 Å². The third kappa shape index (κ3) is 2.53. The van der Waals surface area contributed by atoms with Crippen LogP contribution in [0.1, 0.15) is 42.9 Å². The fourth-order valence-electron chi connectivity index (χ4n) is 3.15. The van der Waals surface area contributed by atoms with Gasteiger partial charge >= 0.3 is 0 Å². The molecular formula is C15H22N2. The summed E-state index contributed by atoms with van der Waals surface area (Å²) in [6, 6.07) is 10.2. The molecule has 1 heterocycles. The normalized spacial score (nSPS) is 28.0. The molecule has 0 saturated carbocycles. The molecule has 0 spiro atoms. The molecule has 2 unspecified atom stereocenters. The van der Waals surface area contributed by atoms with E-state index in [4.69, 9.17) is 0 Å². The van der Waals surface area contributed by atoms with Crippen molar-refractivity contribution in [3.05, 3.63) is 35.4 Å². The van der Waals surface area contributed by atoms with Gasteiger partial charge in [-0.05, 0) is 43.4 Å². The molecule has 1 aromatic carbocycles. The van der Waals surface area contributed by atoms with Crippen LogP contribution in [0.3, 0.4) is 0 Å². The standard InChI is InChI=1S/C15H22N2/c1-2-7-14-12(5-1)8-9-15(14)17-11-13-6-3-4-10-16-13/h1-2,5,7,13,15-17H,3-4,6,8-11H2. The zero-order valence-electron chi connectivity index (χ0n) is 10.4. The van der Waals surface area contributed by atoms with Gasteiger partial charge in [-0.15, -0.1) is 0 Å². The smallest absolute Gasteiger partial charge is 0.0326 e. The van der Waals surface area contributed by atoms with Gasteiger partial charge in [0.2, 0.25) is 0 Å². The van der Waals surface area contributed by atoms with Crippen molar-refractivity contribution in [1.82, 2.24) is 10.6 Å². The quantitative estimate of drug-likeness (QED) is 0.833. The number of hydrogen-bond donors (Lipinski definition) is 2. The maximum absolute atomic E-state index is 3.74. The van der Waals surface area contributed by atoms with E-state index in [9.17, 15) is 0 Å². The molecule has 3 rings (SSSR count). The van der Waals surface area contributed by atoms with Gasteiger partial charge in [-0.1, -0.05) is 30.7 Å². The lowest BCUT2D eigenvalue weighted by atomic mass is 10.0. The maximum Gasteiger partial charge on any atom is 0.0326 e. The summed E-state index contributed by atoms with van der Waals surface area (Å²) < 4.78 is 0. The number of piperidine rings is 1. The maximum atomic E-state index is 3.74. The minimum absolute atomic E-state index is 0.593. The van der Waals surface area contributed by atoms with Gasteiger partial charge in [-0.3, -0.25) is 0 Å². The molecule has 2 atom stereocenters. The highest BCUT2D eigenvalue weighted by molar-refractivity contribution is 5.34. The van der Waals surface area contributed by atoms with E-state index in [0.29, 0.717) is 12.1 Å². The first-order chi connectivity index (χ1) is 8.43. The van der Waals surface area contributed by atoms with Crippen LogP contribution in [0, 0.1) is 0 Å². The second kappa shape index (κ2) is 5.19. The van der Waals surface area contributed by atoms with E-state index in [2.05, 4.69) is 34.9 Å². The van der Waals surface area contributed by atoms with E-state index in [0.717, 1.165) is 6.54 Å². The van der Waals surface area contributed by atoms with Crippen LogP contribution in [0.5, 0.6) is 0 Å². The fourth-order valence-corrected chi connectivity index (χ4v) is 3.15. The second-order valence-electron chi connectivity index (χ2n) is 5.35. The summed E-state index contributed by atoms with van der Waals surface area (Å²) in [5, 5.41) is 7.35. The van der Waals surface area contributed by atoms with Crippen molar-refractivity contribution in [2.24, 2.45) is 0 Å². The van der Waals surface area contributed by atoms with Gasteiger partial charge < -0.3 is 10.6 Å². The number of hydrogen-bond acceptors (Lipinski definition) is 2. The average molecular weight is 230 g/mol. The molecule has 0 bridgehead atoms. The largest absolute Gasteiger partial charge is 0.313 e. The number of fused-ring (bicyclic) bond motifs is 1. The summed E-state index contributed by atoms with van der Waals surface area (Å²) in [5.74, 6) is 0. The van der Waals surface area contributed by atoms with Crippen LogP contribution in [0.25, 0.3) is 0 Å². The van der Waals surface area contributed by atoms with Gasteiger partial charge in [0.15, 0.2) is 0 Å². The van der Waals surface area contributed by atoms with Crippen LogP contribution < -0.4 is 10.6 Å². The third-order valence-corrected chi connectivity index (χ3v) is 4.16. The molecule has 2 nitrogen and oxygen atoms in total. The molecule has 1 saturated heterocycles. The highest BCUT2D eigenvalue weighted by Gasteiger charge is 2.22. The molecule has 2 N–H and O–H groups in total. The molecule has 92 valence electrons. The zero-order valence-corrected chi connectivity index (χ0v) is 10.4. The first kappa shape index (κ1) is 11.2. The summed E-state index contributed by atoms with van der Waals surface area (Å²) in [6.07, 6.45) is 6.59. The molecule has 1 aliphatic heterocycles. The minimum atomic E-state index is 0.593. The second-order valence-corrected chi connectivity index (χ2v) is 5.35. The van der Waals surface area contributed by atoms with Crippen molar-refractivity contribution >= 4 is 0 Å². The predicted molar refractivity (Wildman–Crippen MR) is 71.1 cm³/mol. The highest BCUT2D eigenvalue weighted by Crippen LogP contribution is 2.30. The van der Waals surface area contributed by atoms with Gasteiger partial charge in [0, 0.05) is 18.6 Å². The Hall–Kier alpha value is -0.860. The Morgan fingerprint density at radius 2 is 2.12 bits per heavy atom. The number of rotatable bonds is 3. The monoisotopic (exact) mass is 230 g/mol. The SMILES string of the molecule is c1ccc2c(c1)CCC2NCC1CCCCN1. The van der Waals surface area contributed by atoms with Crippen LogP contribution >= 0.6 is 0 Å². The Morgan fingerprint density at radius 3 is 3.00 bits per heavy atom. The molecule has 1 aromatic rings. The van der Waals surface area contributed by atoms with E-state index >= 15 is 0 Å². The van der Waals surface area contributed by atoms with E-state index in [1.54, 1.807) is 5.56 Å². The first-order valence-electron chi connectivity index (χ1n) is 6.98. The predicted octanol–water partition coefficient (Wildman–Crippen LogP) is 2.41. The van der Waals surface area contributed by atoms with Crippen LogP contribution in [0.4, 0.5) is 0 Å². The van der Waals surface area contributed by atoms with Gasteiger partial charge in [0.25, 0.3) is 0 Å². The fraction of sp³-hybridized carbons (Fsp3) is 0.600. The number of benzene rings is 1. The topological polar surface area (TPSA) is 24.1 Å². The minimum Gasteiger partial charge on any atom is -0.313 e. The zero-order chi connectivity index (χ0) is 11.5. The van der Waals surface area contributed by atoms with Crippen molar-refractivity contribution in [3.8, 4) is 0 Å². The Morgan fingerprint density at radius 1 is 1.18 bits per heavy atom. The van der Waals surface area contributed by atoms with Crippen molar-refractivity contribution < 1.29 is 0 Å². The Balaban J connectivity index is 1.56. The molecule has 2 aliphatic rings. The average Bonchev–Trinajstić information content (AvgIpc) is 2.81. The van der Waals surface area contributed by atoms with Crippen molar-refractivity contribution in [2.75, 3.05) is 13.1 Å². The van der Waals surface area contributed by atoms with Crippen molar-refractivity contribution in [3.63, 3.8) is 0 Å². The van der Waals surface area contributed by atoms with Crippen LogP contribution in [0.2, 0.25) is 0 Å². The Bertz CT molecular complexity index is 369. The van der Waals surface area contributed by atoms with Crippen LogP contribution in [-0.2, 0) is 6.42 Å². The Labute approximate surface area is 104 Å². The molecule has 0 aromatic heterocycles. The number of aryl methyl sites for hydroxylation is 1. The highest BCUT2D eigenvalue weighted by atomic mass is 15.0. The summed E-state index contributed by atoms with van der Waals surface area (Å²) >= 11 is 0. The van der Waals surface area contributed by atoms with E-state index < -0.39 is 0 Å². The van der Waals surface area contributed by atoms with E-state index in [1.807, 2.05) is 0 Å². The lowest BCUT2D eigenvalue weighted by Gasteiger charge is -2.25. The van der Waals surface area contributed by atoms with Gasteiger partial charge in [0.05, 0.1) is 0 Å². The van der Waals surface area contributed by atoms with E-state index in [1.165, 1.54) is 44.2 Å². The van der Waals surface area contributed by atoms with E-state index in [-0.39, 0.29) is 0 Å². The lowest BCUT2D eigenvalue weighted by Crippen LogP contribution is -2.42. The van der Waals surface area contributed by atoms with Gasteiger partial charge in [-0.2, -0.15) is 0 Å². The molecule has 2 heteroatoms. The summed E-state index contributed by atoms with van der Waals surface area (Å²) in [5.41, 5.74) is 3.07. The van der Waals surface area contributed by atoms with Crippen molar-refractivity contribution in [2.45, 2.75) is 44.2 Å². The lowest BCUT2D eigenvalue weighted by molar-refractivity contribution is 0.366. The van der Waals surface area contributed by atoms with Gasteiger partial charge in [0.1, 0.15) is 0 Å². The molecule has 1 aliphatic carbocycles. The van der Waals surface area contributed by atoms with Crippen LogP contribution in [0.15, 0.2) is 24.3 Å². The molecule has 0 amide bonds. The summed E-state index contributed by atoms with van der Waals surface area (Å²) in [7, 11) is 0. The third-order valence-electron chi connectivity index (χ3n) is 4.16. The van der Waals surface area contributed by atoms with Gasteiger partial charge in [-0.25, -0.2) is 0 Å². The summed E-state index contributed by atoms with van der Waals surface area (Å²) in [6.45, 7) is 2.33. The molecule has 0 radical (unpaired) electrons. The summed E-state index contributed by atoms with van der Waals surface area (Å²) in [4.78, 5) is 0.